The van der Waals surface area contributed by atoms with Gasteiger partial charge in [0.05, 0.1) is 43.7 Å². The molecule has 0 spiro atoms. The Kier molecular flexibility index (Phi) is 5.96. The molecule has 1 aliphatic heterocycles. The zero-order valence-corrected chi connectivity index (χ0v) is 17.6. The normalized spacial score (nSPS) is 15.3. The molecule has 0 aliphatic carbocycles. The van der Waals surface area contributed by atoms with Gasteiger partial charge in [-0.1, -0.05) is 54.6 Å². The number of morpholine rings is 1. The molecule has 1 fully saturated rings. The van der Waals surface area contributed by atoms with Crippen LogP contribution in [0.4, 0.5) is 5.69 Å². The van der Waals surface area contributed by atoms with Crippen LogP contribution in [0.3, 0.4) is 0 Å². The van der Waals surface area contributed by atoms with E-state index in [1.807, 2.05) is 36.7 Å². The molecule has 158 valence electrons. The highest BCUT2D eigenvalue weighted by molar-refractivity contribution is 5.74. The van der Waals surface area contributed by atoms with E-state index in [-0.39, 0.29) is 6.10 Å². The van der Waals surface area contributed by atoms with Gasteiger partial charge in [0.15, 0.2) is 0 Å². The van der Waals surface area contributed by atoms with E-state index in [0.717, 1.165) is 37.3 Å². The van der Waals surface area contributed by atoms with E-state index in [0.29, 0.717) is 13.2 Å². The van der Waals surface area contributed by atoms with Crippen molar-refractivity contribution in [2.75, 3.05) is 31.2 Å². The number of anilines is 1. The molecule has 2 heterocycles. The van der Waals surface area contributed by atoms with E-state index in [1.54, 1.807) is 0 Å². The number of fused-ring (bicyclic) bond motifs is 1. The second-order valence-electron chi connectivity index (χ2n) is 7.86. The van der Waals surface area contributed by atoms with Crippen molar-refractivity contribution < 1.29 is 9.47 Å². The first-order valence-corrected chi connectivity index (χ1v) is 10.8. The number of hydrogen-bond donors (Lipinski definition) is 0. The van der Waals surface area contributed by atoms with Crippen LogP contribution < -0.4 is 4.90 Å². The highest BCUT2D eigenvalue weighted by atomic mass is 16.5. The number of imidazole rings is 1. The summed E-state index contributed by atoms with van der Waals surface area (Å²) in [7, 11) is 0. The standard InChI is InChI=1S/C26H27N3O2/c1-2-6-21(7-3-1)19-31-26(18-29-20-27-24-8-4-5-9-25(24)29)22-10-12-23(13-11-22)28-14-16-30-17-15-28/h1-13,20,26H,14-19H2/t26-/m0/s1. The SMILES string of the molecule is c1ccc(CO[C@@H](Cn2cnc3ccccc32)c2ccc(N3CCOCC3)cc2)cc1. The van der Waals surface area contributed by atoms with E-state index >= 15 is 0 Å². The van der Waals surface area contributed by atoms with Gasteiger partial charge in [-0.25, -0.2) is 4.98 Å². The zero-order valence-electron chi connectivity index (χ0n) is 17.6. The molecular formula is C26H27N3O2. The maximum Gasteiger partial charge on any atom is 0.101 e. The van der Waals surface area contributed by atoms with Gasteiger partial charge in [0, 0.05) is 18.8 Å². The minimum absolute atomic E-state index is 0.0726. The molecule has 5 heteroatoms. The van der Waals surface area contributed by atoms with E-state index in [1.165, 1.54) is 16.8 Å². The van der Waals surface area contributed by atoms with Crippen molar-refractivity contribution in [1.82, 2.24) is 9.55 Å². The van der Waals surface area contributed by atoms with Gasteiger partial charge in [0.2, 0.25) is 0 Å². The lowest BCUT2D eigenvalue weighted by atomic mass is 10.1. The van der Waals surface area contributed by atoms with Crippen LogP contribution in [-0.4, -0.2) is 35.9 Å². The predicted molar refractivity (Wildman–Crippen MR) is 123 cm³/mol. The number of para-hydroxylation sites is 2. The molecule has 1 atom stereocenters. The lowest BCUT2D eigenvalue weighted by molar-refractivity contribution is 0.0287. The molecule has 4 aromatic rings. The first kappa shape index (κ1) is 19.8. The van der Waals surface area contributed by atoms with Gasteiger partial charge in [-0.2, -0.15) is 0 Å². The van der Waals surface area contributed by atoms with Crippen molar-refractivity contribution in [2.24, 2.45) is 0 Å². The fourth-order valence-corrected chi connectivity index (χ4v) is 4.08. The molecule has 0 amide bonds. The van der Waals surface area contributed by atoms with Gasteiger partial charge in [0.25, 0.3) is 0 Å². The zero-order chi connectivity index (χ0) is 20.9. The molecule has 1 aliphatic rings. The summed E-state index contributed by atoms with van der Waals surface area (Å²) in [6.07, 6.45) is 1.84. The summed E-state index contributed by atoms with van der Waals surface area (Å²) in [5.41, 5.74) is 5.72. The molecule has 31 heavy (non-hydrogen) atoms. The second-order valence-corrected chi connectivity index (χ2v) is 7.86. The monoisotopic (exact) mass is 413 g/mol. The Hall–Kier alpha value is -3.15. The van der Waals surface area contributed by atoms with Crippen LogP contribution in [0.25, 0.3) is 11.0 Å². The topological polar surface area (TPSA) is 39.5 Å². The van der Waals surface area contributed by atoms with Gasteiger partial charge in [-0.05, 0) is 35.4 Å². The third kappa shape index (κ3) is 4.63. The summed E-state index contributed by atoms with van der Waals surface area (Å²) in [4.78, 5) is 6.92. The number of benzene rings is 3. The van der Waals surface area contributed by atoms with Crippen molar-refractivity contribution in [3.8, 4) is 0 Å². The summed E-state index contributed by atoms with van der Waals surface area (Å²) >= 11 is 0. The van der Waals surface area contributed by atoms with Gasteiger partial charge in [-0.3, -0.25) is 0 Å². The van der Waals surface area contributed by atoms with Crippen LogP contribution in [0.5, 0.6) is 0 Å². The molecule has 0 radical (unpaired) electrons. The van der Waals surface area contributed by atoms with Crippen LogP contribution in [0.15, 0.2) is 85.2 Å². The molecule has 0 unspecified atom stereocenters. The maximum absolute atomic E-state index is 6.44. The molecule has 0 N–H and O–H groups in total. The van der Waals surface area contributed by atoms with Crippen molar-refractivity contribution in [2.45, 2.75) is 19.3 Å². The third-order valence-corrected chi connectivity index (χ3v) is 5.82. The second kappa shape index (κ2) is 9.33. The Morgan fingerprint density at radius 2 is 1.61 bits per heavy atom. The van der Waals surface area contributed by atoms with E-state index in [2.05, 4.69) is 63.0 Å². The van der Waals surface area contributed by atoms with Crippen LogP contribution >= 0.6 is 0 Å². The molecule has 1 aromatic heterocycles. The first-order chi connectivity index (χ1) is 15.4. The van der Waals surface area contributed by atoms with Crippen molar-refractivity contribution >= 4 is 16.7 Å². The Labute approximate surface area is 182 Å². The van der Waals surface area contributed by atoms with Crippen LogP contribution in [0.1, 0.15) is 17.2 Å². The maximum atomic E-state index is 6.44. The smallest absolute Gasteiger partial charge is 0.101 e. The summed E-state index contributed by atoms with van der Waals surface area (Å²) in [5.74, 6) is 0. The highest BCUT2D eigenvalue weighted by Gasteiger charge is 2.17. The minimum Gasteiger partial charge on any atom is -0.378 e. The van der Waals surface area contributed by atoms with E-state index < -0.39 is 0 Å². The molecule has 3 aromatic carbocycles. The van der Waals surface area contributed by atoms with Gasteiger partial charge < -0.3 is 18.9 Å². The van der Waals surface area contributed by atoms with Crippen molar-refractivity contribution in [3.63, 3.8) is 0 Å². The largest absolute Gasteiger partial charge is 0.378 e. The molecule has 0 bridgehead atoms. The lowest BCUT2D eigenvalue weighted by Crippen LogP contribution is -2.36. The summed E-state index contributed by atoms with van der Waals surface area (Å²) in [6, 6.07) is 27.4. The Morgan fingerprint density at radius 3 is 2.42 bits per heavy atom. The van der Waals surface area contributed by atoms with E-state index in [9.17, 15) is 0 Å². The van der Waals surface area contributed by atoms with Crippen molar-refractivity contribution in [1.29, 1.82) is 0 Å². The average Bonchev–Trinajstić information content (AvgIpc) is 3.26. The highest BCUT2D eigenvalue weighted by Crippen LogP contribution is 2.26. The molecule has 0 saturated carbocycles. The molecule has 5 nitrogen and oxygen atoms in total. The Bertz CT molecular complexity index is 1100. The number of aromatic nitrogens is 2. The summed E-state index contributed by atoms with van der Waals surface area (Å²) < 4.78 is 14.1. The Morgan fingerprint density at radius 1 is 0.871 bits per heavy atom. The lowest BCUT2D eigenvalue weighted by Gasteiger charge is -2.29. The summed E-state index contributed by atoms with van der Waals surface area (Å²) in [5, 5.41) is 0. The average molecular weight is 414 g/mol. The van der Waals surface area contributed by atoms with Crippen LogP contribution in [-0.2, 0) is 22.6 Å². The minimum atomic E-state index is -0.0726. The quantitative estimate of drug-likeness (QED) is 0.435. The van der Waals surface area contributed by atoms with E-state index in [4.69, 9.17) is 9.47 Å². The van der Waals surface area contributed by atoms with Crippen LogP contribution in [0, 0.1) is 0 Å². The molecule has 1 saturated heterocycles. The summed E-state index contributed by atoms with van der Waals surface area (Å²) in [6.45, 7) is 4.74. The predicted octanol–water partition coefficient (Wildman–Crippen LogP) is 4.83. The number of nitrogens with zero attached hydrogens (tertiary/aromatic N) is 3. The number of ether oxygens (including phenoxy) is 2. The fraction of sp³-hybridized carbons (Fsp3) is 0.269. The van der Waals surface area contributed by atoms with Gasteiger partial charge in [0.1, 0.15) is 6.10 Å². The Balaban J connectivity index is 1.38. The number of hydrogen-bond acceptors (Lipinski definition) is 4. The van der Waals surface area contributed by atoms with Gasteiger partial charge in [-0.15, -0.1) is 0 Å². The molecule has 5 rings (SSSR count). The first-order valence-electron chi connectivity index (χ1n) is 10.8. The number of rotatable bonds is 7. The van der Waals surface area contributed by atoms with Crippen molar-refractivity contribution in [3.05, 3.63) is 96.3 Å². The fourth-order valence-electron chi connectivity index (χ4n) is 4.08. The molecular weight excluding hydrogens is 386 g/mol. The van der Waals surface area contributed by atoms with Crippen LogP contribution in [0.2, 0.25) is 0 Å². The van der Waals surface area contributed by atoms with Gasteiger partial charge >= 0.3 is 0 Å². The third-order valence-electron chi connectivity index (χ3n) is 5.82.